The monoisotopic (exact) mass is 336 g/mol. The van der Waals surface area contributed by atoms with E-state index >= 15 is 0 Å². The normalized spacial score (nSPS) is 19.7. The average molecular weight is 337 g/mol. The van der Waals surface area contributed by atoms with Gasteiger partial charge in [-0.05, 0) is 62.8 Å². The van der Waals surface area contributed by atoms with Crippen molar-refractivity contribution in [3.8, 4) is 0 Å². The number of rotatable bonds is 7. The van der Waals surface area contributed by atoms with E-state index in [1.54, 1.807) is 0 Å². The number of benzene rings is 1. The summed E-state index contributed by atoms with van der Waals surface area (Å²) in [5.41, 5.74) is 1.38. The van der Waals surface area contributed by atoms with Crippen LogP contribution in [0.2, 0.25) is 0 Å². The van der Waals surface area contributed by atoms with E-state index in [9.17, 15) is 4.79 Å². The SMILES string of the molecule is CCSc1cccc(CN2CCCC(N(C)CC(=O)O)CC2)c1. The summed E-state index contributed by atoms with van der Waals surface area (Å²) in [5.74, 6) is 0.365. The van der Waals surface area contributed by atoms with Crippen LogP contribution in [0.3, 0.4) is 0 Å². The molecule has 1 fully saturated rings. The van der Waals surface area contributed by atoms with Gasteiger partial charge in [-0.15, -0.1) is 11.8 Å². The van der Waals surface area contributed by atoms with Crippen LogP contribution in [0.15, 0.2) is 29.2 Å². The maximum Gasteiger partial charge on any atom is 0.317 e. The van der Waals surface area contributed by atoms with Crippen molar-refractivity contribution in [3.05, 3.63) is 29.8 Å². The lowest BCUT2D eigenvalue weighted by Crippen LogP contribution is -2.36. The van der Waals surface area contributed by atoms with Gasteiger partial charge in [0.2, 0.25) is 0 Å². The number of hydrogen-bond donors (Lipinski definition) is 1. The van der Waals surface area contributed by atoms with Crippen molar-refractivity contribution < 1.29 is 9.90 Å². The van der Waals surface area contributed by atoms with Crippen LogP contribution >= 0.6 is 11.8 Å². The van der Waals surface area contributed by atoms with Gasteiger partial charge in [-0.1, -0.05) is 19.1 Å². The van der Waals surface area contributed by atoms with Crippen molar-refractivity contribution in [1.82, 2.24) is 9.80 Å². The van der Waals surface area contributed by atoms with Crippen molar-refractivity contribution >= 4 is 17.7 Å². The molecule has 1 atom stereocenters. The Balaban J connectivity index is 1.88. The maximum absolute atomic E-state index is 10.9. The van der Waals surface area contributed by atoms with Gasteiger partial charge in [0.05, 0.1) is 6.54 Å². The molecule has 1 unspecified atom stereocenters. The van der Waals surface area contributed by atoms with Gasteiger partial charge < -0.3 is 5.11 Å². The van der Waals surface area contributed by atoms with Crippen LogP contribution in [-0.4, -0.2) is 59.4 Å². The number of hydrogen-bond acceptors (Lipinski definition) is 4. The van der Waals surface area contributed by atoms with Crippen molar-refractivity contribution in [2.75, 3.05) is 32.4 Å². The Kier molecular flexibility index (Phi) is 7.40. The first kappa shape index (κ1) is 18.3. The zero-order valence-corrected chi connectivity index (χ0v) is 15.0. The summed E-state index contributed by atoms with van der Waals surface area (Å²) in [6, 6.07) is 9.22. The van der Waals surface area contributed by atoms with E-state index < -0.39 is 5.97 Å². The molecular formula is C18H28N2O2S. The van der Waals surface area contributed by atoms with Crippen LogP contribution in [0, 0.1) is 0 Å². The van der Waals surface area contributed by atoms with Crippen molar-refractivity contribution in [2.24, 2.45) is 0 Å². The van der Waals surface area contributed by atoms with Gasteiger partial charge in [-0.3, -0.25) is 14.6 Å². The Morgan fingerprint density at radius 2 is 2.22 bits per heavy atom. The third kappa shape index (κ3) is 6.16. The minimum Gasteiger partial charge on any atom is -0.480 e. The highest BCUT2D eigenvalue weighted by atomic mass is 32.2. The maximum atomic E-state index is 10.9. The standard InChI is InChI=1S/C18H28N2O2S/c1-3-23-17-8-4-6-15(12-17)13-20-10-5-7-16(9-11-20)19(2)14-18(21)22/h4,6,8,12,16H,3,5,7,9-11,13-14H2,1-2H3,(H,21,22). The fraction of sp³-hybridized carbons (Fsp3) is 0.611. The number of aliphatic carboxylic acids is 1. The molecule has 0 aliphatic carbocycles. The molecular weight excluding hydrogens is 308 g/mol. The quantitative estimate of drug-likeness (QED) is 0.775. The molecule has 128 valence electrons. The molecule has 1 aliphatic rings. The number of thioether (sulfide) groups is 1. The molecule has 0 amide bonds. The molecule has 1 aliphatic heterocycles. The number of carboxylic acid groups (broad SMARTS) is 1. The summed E-state index contributed by atoms with van der Waals surface area (Å²) in [5, 5.41) is 8.95. The topological polar surface area (TPSA) is 43.8 Å². The van der Waals surface area contributed by atoms with E-state index in [4.69, 9.17) is 5.11 Å². The minimum absolute atomic E-state index is 0.140. The Labute approximate surface area is 143 Å². The van der Waals surface area contributed by atoms with Crippen LogP contribution in [-0.2, 0) is 11.3 Å². The van der Waals surface area contributed by atoms with Gasteiger partial charge in [-0.25, -0.2) is 0 Å². The highest BCUT2D eigenvalue weighted by molar-refractivity contribution is 7.99. The number of nitrogens with zero attached hydrogens (tertiary/aromatic N) is 2. The van der Waals surface area contributed by atoms with Crippen LogP contribution in [0.1, 0.15) is 31.7 Å². The molecule has 0 bridgehead atoms. The van der Waals surface area contributed by atoms with Gasteiger partial charge in [0.25, 0.3) is 0 Å². The smallest absolute Gasteiger partial charge is 0.317 e. The second-order valence-electron chi connectivity index (χ2n) is 6.25. The van der Waals surface area contributed by atoms with Crippen molar-refractivity contribution in [1.29, 1.82) is 0 Å². The van der Waals surface area contributed by atoms with E-state index in [1.165, 1.54) is 10.5 Å². The molecule has 1 N–H and O–H groups in total. The molecule has 1 aromatic carbocycles. The largest absolute Gasteiger partial charge is 0.480 e. The van der Waals surface area contributed by atoms with Crippen LogP contribution in [0.5, 0.6) is 0 Å². The molecule has 4 nitrogen and oxygen atoms in total. The van der Waals surface area contributed by atoms with Crippen LogP contribution in [0.4, 0.5) is 0 Å². The van der Waals surface area contributed by atoms with Crippen molar-refractivity contribution in [3.63, 3.8) is 0 Å². The number of carboxylic acids is 1. The molecule has 2 rings (SSSR count). The second kappa shape index (κ2) is 9.30. The first-order valence-electron chi connectivity index (χ1n) is 8.44. The van der Waals surface area contributed by atoms with Gasteiger partial charge >= 0.3 is 5.97 Å². The summed E-state index contributed by atoms with van der Waals surface area (Å²) in [6.07, 6.45) is 3.28. The number of likely N-dealkylation sites (tertiary alicyclic amines) is 1. The minimum atomic E-state index is -0.737. The molecule has 23 heavy (non-hydrogen) atoms. The van der Waals surface area contributed by atoms with E-state index in [1.807, 2.05) is 23.7 Å². The van der Waals surface area contributed by atoms with E-state index in [0.717, 1.165) is 44.6 Å². The molecule has 0 aromatic heterocycles. The number of carbonyl (C=O) groups is 1. The Hall–Kier alpha value is -1.04. The predicted molar refractivity (Wildman–Crippen MR) is 96.0 cm³/mol. The van der Waals surface area contributed by atoms with E-state index in [0.29, 0.717) is 6.04 Å². The zero-order chi connectivity index (χ0) is 16.7. The summed E-state index contributed by atoms with van der Waals surface area (Å²) in [7, 11) is 1.93. The van der Waals surface area contributed by atoms with Crippen molar-refractivity contribution in [2.45, 2.75) is 43.7 Å². The molecule has 0 saturated carbocycles. The van der Waals surface area contributed by atoms with Gasteiger partial charge in [0.15, 0.2) is 0 Å². The highest BCUT2D eigenvalue weighted by Crippen LogP contribution is 2.21. The highest BCUT2D eigenvalue weighted by Gasteiger charge is 2.21. The lowest BCUT2D eigenvalue weighted by atomic mass is 10.1. The second-order valence-corrected chi connectivity index (χ2v) is 7.59. The van der Waals surface area contributed by atoms with E-state index in [2.05, 4.69) is 36.1 Å². The summed E-state index contributed by atoms with van der Waals surface area (Å²) in [4.78, 5) is 16.7. The molecule has 0 spiro atoms. The molecule has 1 saturated heterocycles. The predicted octanol–water partition coefficient (Wildman–Crippen LogP) is 3.17. The summed E-state index contributed by atoms with van der Waals surface area (Å²) in [6.45, 7) is 5.46. The molecule has 5 heteroatoms. The fourth-order valence-electron chi connectivity index (χ4n) is 3.24. The summed E-state index contributed by atoms with van der Waals surface area (Å²) >= 11 is 1.88. The first-order valence-corrected chi connectivity index (χ1v) is 9.43. The Morgan fingerprint density at radius 3 is 2.96 bits per heavy atom. The number of likely N-dealkylation sites (N-methyl/N-ethyl adjacent to an activating group) is 1. The molecule has 1 aromatic rings. The molecule has 1 heterocycles. The first-order chi connectivity index (χ1) is 11.1. The van der Waals surface area contributed by atoms with Gasteiger partial charge in [0.1, 0.15) is 0 Å². The Morgan fingerprint density at radius 1 is 1.39 bits per heavy atom. The Bertz CT molecular complexity index is 510. The zero-order valence-electron chi connectivity index (χ0n) is 14.2. The third-order valence-corrected chi connectivity index (χ3v) is 5.29. The lowest BCUT2D eigenvalue weighted by molar-refractivity contribution is -0.138. The van der Waals surface area contributed by atoms with Gasteiger partial charge in [0, 0.05) is 17.5 Å². The fourth-order valence-corrected chi connectivity index (χ4v) is 3.98. The van der Waals surface area contributed by atoms with Crippen LogP contribution in [0.25, 0.3) is 0 Å². The lowest BCUT2D eigenvalue weighted by Gasteiger charge is -2.25. The van der Waals surface area contributed by atoms with E-state index in [-0.39, 0.29) is 6.54 Å². The average Bonchev–Trinajstić information content (AvgIpc) is 2.73. The third-order valence-electron chi connectivity index (χ3n) is 4.41. The van der Waals surface area contributed by atoms with Crippen LogP contribution < -0.4 is 0 Å². The summed E-state index contributed by atoms with van der Waals surface area (Å²) < 4.78 is 0. The molecule has 0 radical (unpaired) electrons. The van der Waals surface area contributed by atoms with Gasteiger partial charge in [-0.2, -0.15) is 0 Å².